The number of aliphatic carboxylic acids is 1. The molecule has 8 unspecified atom stereocenters. The molecular formula is C24H38O4. The van der Waals surface area contributed by atoms with Crippen LogP contribution in [0.1, 0.15) is 79.1 Å². The van der Waals surface area contributed by atoms with E-state index < -0.39 is 17.4 Å². The quantitative estimate of drug-likeness (QED) is 0.482. The fraction of sp³-hybridized carbons (Fsp3) is 0.917. The van der Waals surface area contributed by atoms with Gasteiger partial charge in [-0.25, -0.2) is 0 Å². The molecule has 28 heavy (non-hydrogen) atoms. The Labute approximate surface area is 169 Å². The third kappa shape index (κ3) is 2.84. The molecular weight excluding hydrogens is 352 g/mol. The van der Waals surface area contributed by atoms with Gasteiger partial charge in [0.2, 0.25) is 0 Å². The van der Waals surface area contributed by atoms with E-state index in [2.05, 4.69) is 13.8 Å². The molecule has 4 bridgehead atoms. The first-order valence-electron chi connectivity index (χ1n) is 11.8. The summed E-state index contributed by atoms with van der Waals surface area (Å²) in [7, 11) is 0. The topological polar surface area (TPSA) is 63.6 Å². The highest BCUT2D eigenvalue weighted by atomic mass is 16.5. The zero-order chi connectivity index (χ0) is 20.2. The van der Waals surface area contributed by atoms with Crippen LogP contribution in [-0.2, 0) is 14.3 Å². The van der Waals surface area contributed by atoms with Crippen LogP contribution in [0.3, 0.4) is 0 Å². The lowest BCUT2D eigenvalue weighted by molar-refractivity contribution is -0.182. The molecule has 0 heterocycles. The first kappa shape index (κ1) is 20.2. The molecule has 0 amide bonds. The van der Waals surface area contributed by atoms with Crippen LogP contribution < -0.4 is 0 Å². The van der Waals surface area contributed by atoms with E-state index in [9.17, 15) is 14.7 Å². The summed E-state index contributed by atoms with van der Waals surface area (Å²) < 4.78 is 6.35. The summed E-state index contributed by atoms with van der Waals surface area (Å²) in [5.41, 5.74) is -1.39. The zero-order valence-corrected chi connectivity index (χ0v) is 18.0. The second kappa shape index (κ2) is 7.32. The fourth-order valence-corrected chi connectivity index (χ4v) is 7.96. The minimum Gasteiger partial charge on any atom is -0.480 e. The van der Waals surface area contributed by atoms with Gasteiger partial charge in [-0.1, -0.05) is 27.7 Å². The summed E-state index contributed by atoms with van der Waals surface area (Å²) in [6, 6.07) is 0. The van der Waals surface area contributed by atoms with Crippen LogP contribution in [0, 0.1) is 52.8 Å². The Morgan fingerprint density at radius 1 is 0.893 bits per heavy atom. The van der Waals surface area contributed by atoms with E-state index in [-0.39, 0.29) is 6.10 Å². The molecule has 4 saturated carbocycles. The summed E-state index contributed by atoms with van der Waals surface area (Å²) in [5.74, 6) is 3.39. The van der Waals surface area contributed by atoms with Gasteiger partial charge in [-0.05, 0) is 86.9 Å². The number of rotatable bonds is 7. The van der Waals surface area contributed by atoms with E-state index >= 15 is 0 Å². The third-order valence-corrected chi connectivity index (χ3v) is 9.83. The van der Waals surface area contributed by atoms with Crippen molar-refractivity contribution in [3.63, 3.8) is 0 Å². The molecule has 0 aromatic carbocycles. The van der Waals surface area contributed by atoms with Crippen molar-refractivity contribution in [3.05, 3.63) is 0 Å². The molecule has 4 aliphatic carbocycles. The number of fused-ring (bicyclic) bond motifs is 4. The van der Waals surface area contributed by atoms with Gasteiger partial charge in [-0.2, -0.15) is 0 Å². The van der Waals surface area contributed by atoms with Crippen LogP contribution in [0.5, 0.6) is 0 Å². The average Bonchev–Trinajstić information content (AvgIpc) is 3.42. The average molecular weight is 391 g/mol. The number of ether oxygens (including phenoxy) is 1. The number of carbonyl (C=O) groups excluding carboxylic acids is 1. The SMILES string of the molecule is CCC(CC)(C(=O)O)C(=O)OC(C1C2CCC(C2)C1C)C1C2CCC(C2)C1C. The largest absolute Gasteiger partial charge is 0.480 e. The monoisotopic (exact) mass is 390 g/mol. The van der Waals surface area contributed by atoms with E-state index in [1.807, 2.05) is 0 Å². The van der Waals surface area contributed by atoms with Gasteiger partial charge in [0.1, 0.15) is 6.10 Å². The summed E-state index contributed by atoms with van der Waals surface area (Å²) in [6.07, 6.45) is 8.22. The predicted octanol–water partition coefficient (Wildman–Crippen LogP) is 5.15. The van der Waals surface area contributed by atoms with Crippen molar-refractivity contribution < 1.29 is 19.4 Å². The van der Waals surface area contributed by atoms with Gasteiger partial charge in [0.15, 0.2) is 5.41 Å². The Bertz CT molecular complexity index is 588. The van der Waals surface area contributed by atoms with Gasteiger partial charge in [-0.3, -0.25) is 9.59 Å². The maximum atomic E-state index is 13.3. The molecule has 0 spiro atoms. The highest BCUT2D eigenvalue weighted by Gasteiger charge is 2.58. The lowest BCUT2D eigenvalue weighted by Crippen LogP contribution is -2.48. The summed E-state index contributed by atoms with van der Waals surface area (Å²) >= 11 is 0. The van der Waals surface area contributed by atoms with Gasteiger partial charge in [-0.15, -0.1) is 0 Å². The highest BCUT2D eigenvalue weighted by Crippen LogP contribution is 2.60. The Hall–Kier alpha value is -1.06. The van der Waals surface area contributed by atoms with E-state index in [1.165, 1.54) is 38.5 Å². The van der Waals surface area contributed by atoms with Crippen molar-refractivity contribution >= 4 is 11.9 Å². The van der Waals surface area contributed by atoms with Gasteiger partial charge in [0.25, 0.3) is 0 Å². The molecule has 4 nitrogen and oxygen atoms in total. The molecule has 158 valence electrons. The molecule has 0 aromatic heterocycles. The maximum Gasteiger partial charge on any atom is 0.323 e. The molecule has 4 aliphatic rings. The molecule has 0 aromatic rings. The van der Waals surface area contributed by atoms with E-state index in [0.717, 1.165) is 11.8 Å². The van der Waals surface area contributed by atoms with Gasteiger partial charge in [0.05, 0.1) is 0 Å². The molecule has 1 N–H and O–H groups in total. The van der Waals surface area contributed by atoms with Crippen LogP contribution in [0.4, 0.5) is 0 Å². The maximum absolute atomic E-state index is 13.3. The van der Waals surface area contributed by atoms with Crippen molar-refractivity contribution in [2.45, 2.75) is 85.2 Å². The fourth-order valence-electron chi connectivity index (χ4n) is 7.96. The van der Waals surface area contributed by atoms with Crippen molar-refractivity contribution in [3.8, 4) is 0 Å². The number of carboxylic acid groups (broad SMARTS) is 1. The lowest BCUT2D eigenvalue weighted by atomic mass is 9.67. The molecule has 8 atom stereocenters. The molecule has 4 fully saturated rings. The van der Waals surface area contributed by atoms with Gasteiger partial charge in [0, 0.05) is 11.8 Å². The lowest BCUT2D eigenvalue weighted by Gasteiger charge is -2.43. The van der Waals surface area contributed by atoms with Crippen LogP contribution in [0.25, 0.3) is 0 Å². The summed E-state index contributed by atoms with van der Waals surface area (Å²) in [5, 5.41) is 9.85. The first-order chi connectivity index (χ1) is 13.3. The molecule has 4 heteroatoms. The molecule has 4 rings (SSSR count). The Kier molecular flexibility index (Phi) is 5.29. The molecule has 0 saturated heterocycles. The summed E-state index contributed by atoms with van der Waals surface area (Å²) in [6.45, 7) is 8.32. The van der Waals surface area contributed by atoms with E-state index in [0.29, 0.717) is 48.3 Å². The van der Waals surface area contributed by atoms with Crippen LogP contribution in [0.15, 0.2) is 0 Å². The van der Waals surface area contributed by atoms with Gasteiger partial charge < -0.3 is 9.84 Å². The van der Waals surface area contributed by atoms with Crippen molar-refractivity contribution in [1.29, 1.82) is 0 Å². The Balaban J connectivity index is 1.64. The van der Waals surface area contributed by atoms with E-state index in [1.54, 1.807) is 13.8 Å². The highest BCUT2D eigenvalue weighted by molar-refractivity contribution is 5.99. The number of esters is 1. The summed E-state index contributed by atoms with van der Waals surface area (Å²) in [4.78, 5) is 25.3. The first-order valence-corrected chi connectivity index (χ1v) is 11.8. The standard InChI is InChI=1S/C24H38O4/c1-5-24(6-2,22(25)26)23(27)28-21(19-13(3)15-7-9-17(19)11-15)20-14(4)16-8-10-18(20)12-16/h13-21H,5-12H2,1-4H3,(H,25,26). The predicted molar refractivity (Wildman–Crippen MR) is 108 cm³/mol. The molecule has 0 aliphatic heterocycles. The van der Waals surface area contributed by atoms with Crippen LogP contribution in [-0.4, -0.2) is 23.1 Å². The van der Waals surface area contributed by atoms with Gasteiger partial charge >= 0.3 is 11.9 Å². The minimum atomic E-state index is -1.39. The molecule has 0 radical (unpaired) electrons. The number of carbonyl (C=O) groups is 2. The van der Waals surface area contributed by atoms with Crippen molar-refractivity contribution in [1.82, 2.24) is 0 Å². The normalized spacial score (nSPS) is 42.7. The smallest absolute Gasteiger partial charge is 0.323 e. The Morgan fingerprint density at radius 2 is 1.32 bits per heavy atom. The van der Waals surface area contributed by atoms with Crippen LogP contribution >= 0.6 is 0 Å². The number of hydrogen-bond acceptors (Lipinski definition) is 3. The number of carboxylic acids is 1. The van der Waals surface area contributed by atoms with Crippen molar-refractivity contribution in [2.24, 2.45) is 52.8 Å². The Morgan fingerprint density at radius 3 is 1.64 bits per heavy atom. The second-order valence-electron chi connectivity index (χ2n) is 10.5. The zero-order valence-electron chi connectivity index (χ0n) is 18.0. The second-order valence-corrected chi connectivity index (χ2v) is 10.5. The number of hydrogen-bond donors (Lipinski definition) is 1. The minimum absolute atomic E-state index is 0.0834. The third-order valence-electron chi connectivity index (χ3n) is 9.83. The van der Waals surface area contributed by atoms with E-state index in [4.69, 9.17) is 4.74 Å². The van der Waals surface area contributed by atoms with Crippen LogP contribution in [0.2, 0.25) is 0 Å². The van der Waals surface area contributed by atoms with Crippen molar-refractivity contribution in [2.75, 3.05) is 0 Å².